The fraction of sp³-hybridized carbons (Fsp3) is 0.250. The molecule has 1 aliphatic rings. The van der Waals surface area contributed by atoms with Crippen LogP contribution in [0.1, 0.15) is 29.3 Å². The van der Waals surface area contributed by atoms with Gasteiger partial charge in [-0.05, 0) is 37.0 Å². The molecule has 6 rings (SSSR count). The van der Waals surface area contributed by atoms with Crippen LogP contribution < -0.4 is 5.32 Å². The second-order valence-electron chi connectivity index (χ2n) is 8.75. The lowest BCUT2D eigenvalue weighted by atomic mass is 9.91. The lowest BCUT2D eigenvalue weighted by molar-refractivity contribution is -0.206. The van der Waals surface area contributed by atoms with Gasteiger partial charge in [-0.25, -0.2) is 9.37 Å². The zero-order valence-electron chi connectivity index (χ0n) is 18.6. The Bertz CT molecular complexity index is 1590. The van der Waals surface area contributed by atoms with Crippen molar-refractivity contribution < 1.29 is 22.7 Å². The second kappa shape index (κ2) is 8.26. The highest BCUT2D eigenvalue weighted by Gasteiger charge is 2.41. The molecule has 0 aliphatic heterocycles. The first-order chi connectivity index (χ1) is 17.3. The highest BCUT2D eigenvalue weighted by atomic mass is 19.4. The number of aryl methyl sites for hydroxylation is 1. The topological polar surface area (TPSA) is 104 Å². The summed E-state index contributed by atoms with van der Waals surface area (Å²) in [5.41, 5.74) is 2.79. The monoisotopic (exact) mass is 497 g/mol. The molecule has 1 aliphatic carbocycles. The minimum atomic E-state index is -4.92. The van der Waals surface area contributed by atoms with Crippen LogP contribution in [0, 0.1) is 5.82 Å². The number of aliphatic hydroxyl groups excluding tert-OH is 1. The fourth-order valence-electron chi connectivity index (χ4n) is 4.70. The van der Waals surface area contributed by atoms with Gasteiger partial charge in [0.2, 0.25) is 5.95 Å². The molecule has 0 bridgehead atoms. The minimum absolute atomic E-state index is 0.0447. The van der Waals surface area contributed by atoms with Gasteiger partial charge in [0.25, 0.3) is 0 Å². The Morgan fingerprint density at radius 1 is 1.14 bits per heavy atom. The van der Waals surface area contributed by atoms with E-state index < -0.39 is 23.7 Å². The molecular formula is C24H19F4N7O. The summed E-state index contributed by atoms with van der Waals surface area (Å²) >= 11 is 0. The quantitative estimate of drug-likeness (QED) is 0.319. The lowest BCUT2D eigenvalue weighted by Crippen LogP contribution is -2.29. The van der Waals surface area contributed by atoms with Crippen LogP contribution in [0.4, 0.5) is 23.5 Å². The van der Waals surface area contributed by atoms with Gasteiger partial charge in [-0.15, -0.1) is 0 Å². The maximum atomic E-state index is 13.8. The number of fused-ring (bicyclic) bond motifs is 4. The van der Waals surface area contributed by atoms with Crippen LogP contribution in [0.5, 0.6) is 0 Å². The number of aromatic amines is 1. The largest absolute Gasteiger partial charge is 0.418 e. The highest BCUT2D eigenvalue weighted by molar-refractivity contribution is 5.85. The SMILES string of the molecule is O[C@H](c1cnn2c(N[C@H]3CCc4[nH]c5ccccc5c4C3)nc(-c3cncc(F)c3)nc12)C(F)(F)F. The summed E-state index contributed by atoms with van der Waals surface area (Å²) in [5, 5.41) is 18.4. The van der Waals surface area contributed by atoms with Crippen LogP contribution in [0.15, 0.2) is 48.9 Å². The number of pyridine rings is 1. The summed E-state index contributed by atoms with van der Waals surface area (Å²) in [5.74, 6) is -0.557. The van der Waals surface area contributed by atoms with Gasteiger partial charge >= 0.3 is 6.18 Å². The molecule has 0 spiro atoms. The third-order valence-electron chi connectivity index (χ3n) is 6.39. The maximum Gasteiger partial charge on any atom is 0.418 e. The van der Waals surface area contributed by atoms with E-state index in [1.165, 1.54) is 11.8 Å². The Kier molecular flexibility index (Phi) is 5.14. The number of rotatable bonds is 4. The van der Waals surface area contributed by atoms with Gasteiger partial charge < -0.3 is 15.4 Å². The zero-order chi connectivity index (χ0) is 25.0. The second-order valence-corrected chi connectivity index (χ2v) is 8.75. The average Bonchev–Trinajstić information content (AvgIpc) is 3.44. The number of hydrogen-bond donors (Lipinski definition) is 3. The van der Waals surface area contributed by atoms with Crippen molar-refractivity contribution in [2.24, 2.45) is 0 Å². The molecule has 2 atom stereocenters. The summed E-state index contributed by atoms with van der Waals surface area (Å²) in [6.45, 7) is 0. The number of H-pyrrole nitrogens is 1. The molecule has 0 amide bonds. The molecular weight excluding hydrogens is 478 g/mol. The highest BCUT2D eigenvalue weighted by Crippen LogP contribution is 2.35. The summed E-state index contributed by atoms with van der Waals surface area (Å²) < 4.78 is 54.9. The molecule has 184 valence electrons. The molecule has 0 fully saturated rings. The van der Waals surface area contributed by atoms with Gasteiger partial charge in [-0.2, -0.15) is 27.8 Å². The number of aliphatic hydroxyl groups is 1. The van der Waals surface area contributed by atoms with E-state index >= 15 is 0 Å². The molecule has 5 aromatic rings. The van der Waals surface area contributed by atoms with Gasteiger partial charge in [-0.1, -0.05) is 18.2 Å². The standard InChI is InChI=1S/C24H19F4N7O/c25-13-7-12(9-29-10-13)21-33-22-17(20(36)24(26,27)28)11-30-35(22)23(34-21)31-14-5-6-19-16(8-14)15-3-1-2-4-18(15)32-19/h1-4,7,9-11,14,20,32,36H,5-6,8H2,(H,31,33,34)/t14-,20+/m0/s1. The molecule has 3 N–H and O–H groups in total. The average molecular weight is 497 g/mol. The van der Waals surface area contributed by atoms with Crippen LogP contribution in [0.3, 0.4) is 0 Å². The van der Waals surface area contributed by atoms with Crippen molar-refractivity contribution in [1.82, 2.24) is 29.5 Å². The van der Waals surface area contributed by atoms with E-state index in [2.05, 4.69) is 30.4 Å². The molecule has 1 aromatic carbocycles. The van der Waals surface area contributed by atoms with Crippen molar-refractivity contribution in [1.29, 1.82) is 0 Å². The molecule has 0 unspecified atom stereocenters. The van der Waals surface area contributed by atoms with Crippen molar-refractivity contribution in [3.05, 3.63) is 71.6 Å². The first-order valence-electron chi connectivity index (χ1n) is 11.2. The Morgan fingerprint density at radius 3 is 2.78 bits per heavy atom. The predicted octanol–water partition coefficient (Wildman–Crippen LogP) is 4.37. The number of hydrogen-bond acceptors (Lipinski definition) is 6. The number of para-hydroxylation sites is 1. The first-order valence-corrected chi connectivity index (χ1v) is 11.2. The summed E-state index contributed by atoms with van der Waals surface area (Å²) in [7, 11) is 0. The summed E-state index contributed by atoms with van der Waals surface area (Å²) in [4.78, 5) is 15.9. The normalized spacial score (nSPS) is 16.9. The fourth-order valence-corrected chi connectivity index (χ4v) is 4.70. The van der Waals surface area contributed by atoms with Crippen molar-refractivity contribution >= 4 is 22.5 Å². The lowest BCUT2D eigenvalue weighted by Gasteiger charge is -2.24. The molecule has 0 saturated carbocycles. The van der Waals surface area contributed by atoms with Gasteiger partial charge in [0.05, 0.1) is 18.0 Å². The Morgan fingerprint density at radius 2 is 1.97 bits per heavy atom. The van der Waals surface area contributed by atoms with Crippen LogP contribution in [0.2, 0.25) is 0 Å². The molecule has 0 radical (unpaired) electrons. The Balaban J connectivity index is 1.43. The van der Waals surface area contributed by atoms with Crippen LogP contribution in [0.25, 0.3) is 27.9 Å². The van der Waals surface area contributed by atoms with E-state index in [9.17, 15) is 22.7 Å². The van der Waals surface area contributed by atoms with Crippen molar-refractivity contribution in [3.63, 3.8) is 0 Å². The zero-order valence-corrected chi connectivity index (χ0v) is 18.6. The van der Waals surface area contributed by atoms with Crippen molar-refractivity contribution in [3.8, 4) is 11.4 Å². The predicted molar refractivity (Wildman–Crippen MR) is 123 cm³/mol. The number of anilines is 1. The molecule has 8 nitrogen and oxygen atoms in total. The van der Waals surface area contributed by atoms with Gasteiger partial charge in [-0.3, -0.25) is 4.98 Å². The van der Waals surface area contributed by atoms with E-state index in [4.69, 9.17) is 0 Å². The van der Waals surface area contributed by atoms with E-state index in [0.717, 1.165) is 52.4 Å². The van der Waals surface area contributed by atoms with Crippen LogP contribution in [-0.4, -0.2) is 46.9 Å². The molecule has 4 aromatic heterocycles. The summed E-state index contributed by atoms with van der Waals surface area (Å²) in [6.07, 6.45) is -2.32. The molecule has 36 heavy (non-hydrogen) atoms. The third-order valence-corrected chi connectivity index (χ3v) is 6.39. The van der Waals surface area contributed by atoms with Gasteiger partial charge in [0.1, 0.15) is 5.82 Å². The Labute approximate surface area is 201 Å². The number of nitrogens with one attached hydrogen (secondary N) is 2. The number of benzene rings is 1. The molecule has 0 saturated heterocycles. The minimum Gasteiger partial charge on any atom is -0.379 e. The van der Waals surface area contributed by atoms with Gasteiger partial charge in [0.15, 0.2) is 17.6 Å². The summed E-state index contributed by atoms with van der Waals surface area (Å²) in [6, 6.07) is 9.03. The van der Waals surface area contributed by atoms with Crippen molar-refractivity contribution in [2.45, 2.75) is 37.6 Å². The maximum absolute atomic E-state index is 13.8. The van der Waals surface area contributed by atoms with Crippen molar-refractivity contribution in [2.75, 3.05) is 5.32 Å². The number of halogens is 4. The molecule has 4 heterocycles. The molecule has 12 heteroatoms. The van der Waals surface area contributed by atoms with Gasteiger partial charge in [0, 0.05) is 34.4 Å². The third kappa shape index (κ3) is 3.83. The smallest absolute Gasteiger partial charge is 0.379 e. The van der Waals surface area contributed by atoms with E-state index in [1.54, 1.807) is 0 Å². The Hall–Kier alpha value is -4.06. The number of nitrogens with zero attached hydrogens (tertiary/aromatic N) is 5. The van der Waals surface area contributed by atoms with E-state index in [0.29, 0.717) is 6.42 Å². The number of alkyl halides is 3. The number of aromatic nitrogens is 6. The van der Waals surface area contributed by atoms with Crippen LogP contribution in [-0.2, 0) is 12.8 Å². The van der Waals surface area contributed by atoms with Crippen LogP contribution >= 0.6 is 0 Å². The van der Waals surface area contributed by atoms with E-state index in [1.807, 2.05) is 24.3 Å². The van der Waals surface area contributed by atoms with E-state index in [-0.39, 0.29) is 29.0 Å². The first kappa shape index (κ1) is 22.4.